The third-order valence-electron chi connectivity index (χ3n) is 5.00. The van der Waals surface area contributed by atoms with E-state index in [2.05, 4.69) is 5.32 Å². The van der Waals surface area contributed by atoms with Crippen LogP contribution in [0.25, 0.3) is 0 Å². The number of carbonyl (C=O) groups excluding carboxylic acids is 1. The first-order valence-corrected chi connectivity index (χ1v) is 11.0. The first-order chi connectivity index (χ1) is 14.4. The van der Waals surface area contributed by atoms with E-state index in [1.165, 1.54) is 49.9 Å². The number of amides is 1. The number of rotatable bonds is 8. The van der Waals surface area contributed by atoms with Crippen LogP contribution in [0, 0.1) is 0 Å². The lowest BCUT2D eigenvalue weighted by Crippen LogP contribution is -2.28. The first-order valence-electron chi connectivity index (χ1n) is 9.58. The molecule has 0 radical (unpaired) electrons. The summed E-state index contributed by atoms with van der Waals surface area (Å²) in [5, 5.41) is 2.82. The summed E-state index contributed by atoms with van der Waals surface area (Å²) in [5.41, 5.74) is 1.15. The molecule has 0 atom stereocenters. The molecule has 0 saturated carbocycles. The smallest absolute Gasteiger partial charge is 0.251 e. The molecule has 8 nitrogen and oxygen atoms in total. The van der Waals surface area contributed by atoms with E-state index in [9.17, 15) is 13.2 Å². The number of carbonyl (C=O) groups is 1. The van der Waals surface area contributed by atoms with Crippen LogP contribution in [-0.2, 0) is 16.6 Å². The van der Waals surface area contributed by atoms with E-state index in [0.29, 0.717) is 35.9 Å². The summed E-state index contributed by atoms with van der Waals surface area (Å²) in [5.74, 6) is 1.16. The third-order valence-corrected chi connectivity index (χ3v) is 6.91. The summed E-state index contributed by atoms with van der Waals surface area (Å²) in [6.45, 7) is 1.32. The molecule has 0 aliphatic carbocycles. The summed E-state index contributed by atoms with van der Waals surface area (Å²) < 4.78 is 42.6. The molecule has 1 heterocycles. The van der Waals surface area contributed by atoms with E-state index in [-0.39, 0.29) is 17.3 Å². The Balaban J connectivity index is 1.69. The van der Waals surface area contributed by atoms with Gasteiger partial charge in [-0.2, -0.15) is 4.31 Å². The number of nitrogens with zero attached hydrogens (tertiary/aromatic N) is 1. The minimum absolute atomic E-state index is 0.200. The first kappa shape index (κ1) is 21.9. The Morgan fingerprint density at radius 3 is 2.03 bits per heavy atom. The highest BCUT2D eigenvalue weighted by molar-refractivity contribution is 7.89. The molecule has 1 amide bonds. The Morgan fingerprint density at radius 1 is 0.967 bits per heavy atom. The average Bonchev–Trinajstić information content (AvgIpc) is 3.32. The summed E-state index contributed by atoms with van der Waals surface area (Å²) in [6, 6.07) is 9.51. The quantitative estimate of drug-likeness (QED) is 0.686. The lowest BCUT2D eigenvalue weighted by molar-refractivity contribution is 0.0950. The maximum absolute atomic E-state index is 12.6. The molecule has 2 aromatic rings. The lowest BCUT2D eigenvalue weighted by Gasteiger charge is -2.16. The van der Waals surface area contributed by atoms with Crippen molar-refractivity contribution in [3.05, 3.63) is 47.5 Å². The second-order valence-electron chi connectivity index (χ2n) is 6.85. The van der Waals surface area contributed by atoms with Gasteiger partial charge in [0.15, 0.2) is 11.5 Å². The zero-order chi connectivity index (χ0) is 21.7. The molecule has 1 fully saturated rings. The van der Waals surface area contributed by atoms with Gasteiger partial charge < -0.3 is 19.5 Å². The Morgan fingerprint density at radius 2 is 1.53 bits per heavy atom. The fraction of sp³-hybridized carbons (Fsp3) is 0.381. The van der Waals surface area contributed by atoms with Crippen molar-refractivity contribution in [3.63, 3.8) is 0 Å². The van der Waals surface area contributed by atoms with Crippen molar-refractivity contribution in [3.8, 4) is 17.2 Å². The molecule has 1 aliphatic heterocycles. The number of hydrogen-bond donors (Lipinski definition) is 1. The number of sulfonamides is 1. The highest BCUT2D eigenvalue weighted by atomic mass is 32.2. The average molecular weight is 435 g/mol. The number of nitrogens with one attached hydrogen (secondary N) is 1. The predicted molar refractivity (Wildman–Crippen MR) is 112 cm³/mol. The fourth-order valence-electron chi connectivity index (χ4n) is 3.38. The minimum Gasteiger partial charge on any atom is -0.493 e. The molecule has 30 heavy (non-hydrogen) atoms. The van der Waals surface area contributed by atoms with E-state index >= 15 is 0 Å². The van der Waals surface area contributed by atoms with Crippen molar-refractivity contribution in [1.29, 1.82) is 0 Å². The van der Waals surface area contributed by atoms with Crippen LogP contribution in [0.4, 0.5) is 0 Å². The van der Waals surface area contributed by atoms with E-state index < -0.39 is 10.0 Å². The maximum Gasteiger partial charge on any atom is 0.251 e. The van der Waals surface area contributed by atoms with Gasteiger partial charge >= 0.3 is 0 Å². The number of benzene rings is 2. The van der Waals surface area contributed by atoms with Gasteiger partial charge in [0.05, 0.1) is 26.2 Å². The molecule has 9 heteroatoms. The standard InChI is InChI=1S/C21H26N2O6S/c1-27-18-12-15(13-19(28-2)20(18)29-3)14-22-21(24)16-6-8-17(9-7-16)30(25,26)23-10-4-5-11-23/h6-9,12-13H,4-5,10-11,14H2,1-3H3,(H,22,24). The molecule has 2 aromatic carbocycles. The van der Waals surface area contributed by atoms with Crippen LogP contribution in [0.5, 0.6) is 17.2 Å². The molecule has 1 saturated heterocycles. The van der Waals surface area contributed by atoms with E-state index in [0.717, 1.165) is 18.4 Å². The fourth-order valence-corrected chi connectivity index (χ4v) is 4.89. The van der Waals surface area contributed by atoms with Crippen LogP contribution in [0.3, 0.4) is 0 Å². The minimum atomic E-state index is -3.50. The van der Waals surface area contributed by atoms with Gasteiger partial charge in [-0.1, -0.05) is 0 Å². The number of methoxy groups -OCH3 is 3. The molecule has 162 valence electrons. The Hall–Kier alpha value is -2.78. The summed E-state index contributed by atoms with van der Waals surface area (Å²) in [7, 11) is 1.08. The topological polar surface area (TPSA) is 94.2 Å². The Labute approximate surface area is 176 Å². The van der Waals surface area contributed by atoms with Crippen LogP contribution in [0.15, 0.2) is 41.3 Å². The monoisotopic (exact) mass is 434 g/mol. The highest BCUT2D eigenvalue weighted by Gasteiger charge is 2.27. The number of hydrogen-bond acceptors (Lipinski definition) is 6. The second-order valence-corrected chi connectivity index (χ2v) is 8.79. The highest BCUT2D eigenvalue weighted by Crippen LogP contribution is 2.38. The van der Waals surface area contributed by atoms with Gasteiger partial charge in [-0.15, -0.1) is 0 Å². The Bertz CT molecular complexity index is 974. The van der Waals surface area contributed by atoms with Crippen LogP contribution >= 0.6 is 0 Å². The van der Waals surface area contributed by atoms with Crippen molar-refractivity contribution in [2.45, 2.75) is 24.3 Å². The molecule has 0 bridgehead atoms. The molecule has 0 aromatic heterocycles. The largest absolute Gasteiger partial charge is 0.493 e. The van der Waals surface area contributed by atoms with E-state index in [1.54, 1.807) is 12.1 Å². The molecular formula is C21H26N2O6S. The molecule has 3 rings (SSSR count). The van der Waals surface area contributed by atoms with Gasteiger partial charge in [-0.25, -0.2) is 8.42 Å². The zero-order valence-electron chi connectivity index (χ0n) is 17.3. The lowest BCUT2D eigenvalue weighted by atomic mass is 10.1. The molecule has 1 N–H and O–H groups in total. The van der Waals surface area contributed by atoms with Crippen LogP contribution in [0.1, 0.15) is 28.8 Å². The van der Waals surface area contributed by atoms with Crippen LogP contribution < -0.4 is 19.5 Å². The predicted octanol–water partition coefficient (Wildman–Crippen LogP) is 2.43. The van der Waals surface area contributed by atoms with Crippen molar-refractivity contribution in [2.75, 3.05) is 34.4 Å². The van der Waals surface area contributed by atoms with Gasteiger partial charge in [-0.3, -0.25) is 4.79 Å². The van der Waals surface area contributed by atoms with Crippen LogP contribution in [0.2, 0.25) is 0 Å². The zero-order valence-corrected chi connectivity index (χ0v) is 18.1. The second kappa shape index (κ2) is 9.36. The van der Waals surface area contributed by atoms with Crippen molar-refractivity contribution in [2.24, 2.45) is 0 Å². The van der Waals surface area contributed by atoms with Gasteiger partial charge in [0, 0.05) is 25.2 Å². The van der Waals surface area contributed by atoms with Gasteiger partial charge in [0.1, 0.15) is 0 Å². The van der Waals surface area contributed by atoms with Crippen molar-refractivity contribution >= 4 is 15.9 Å². The van der Waals surface area contributed by atoms with E-state index in [4.69, 9.17) is 14.2 Å². The van der Waals surface area contributed by atoms with Crippen LogP contribution in [-0.4, -0.2) is 53.0 Å². The summed E-state index contributed by atoms with van der Waals surface area (Å²) in [6.07, 6.45) is 1.75. The molecule has 1 aliphatic rings. The molecular weight excluding hydrogens is 408 g/mol. The van der Waals surface area contributed by atoms with E-state index in [1.807, 2.05) is 0 Å². The van der Waals surface area contributed by atoms with Gasteiger partial charge in [0.25, 0.3) is 5.91 Å². The summed E-state index contributed by atoms with van der Waals surface area (Å²) >= 11 is 0. The normalized spacial score (nSPS) is 14.4. The van der Waals surface area contributed by atoms with Gasteiger partial charge in [-0.05, 0) is 54.8 Å². The van der Waals surface area contributed by atoms with Gasteiger partial charge in [0.2, 0.25) is 15.8 Å². The Kier molecular flexibility index (Phi) is 6.84. The van der Waals surface area contributed by atoms with Crippen molar-refractivity contribution in [1.82, 2.24) is 9.62 Å². The summed E-state index contributed by atoms with van der Waals surface area (Å²) in [4.78, 5) is 12.7. The SMILES string of the molecule is COc1cc(CNC(=O)c2ccc(S(=O)(=O)N3CCCC3)cc2)cc(OC)c1OC. The molecule has 0 unspecified atom stereocenters. The third kappa shape index (κ3) is 4.52. The number of ether oxygens (including phenoxy) is 3. The molecule has 0 spiro atoms. The maximum atomic E-state index is 12.6. The van der Waals surface area contributed by atoms with Crippen molar-refractivity contribution < 1.29 is 27.4 Å².